The van der Waals surface area contributed by atoms with Gasteiger partial charge in [-0.2, -0.15) is 0 Å². The molecule has 2 rings (SSSR count). The predicted octanol–water partition coefficient (Wildman–Crippen LogP) is 0.526. The van der Waals surface area contributed by atoms with Gasteiger partial charge in [0.1, 0.15) is 10.6 Å². The van der Waals surface area contributed by atoms with Crippen LogP contribution in [0.1, 0.15) is 30.6 Å². The van der Waals surface area contributed by atoms with E-state index < -0.39 is 43.9 Å². The molecule has 1 saturated heterocycles. The lowest BCUT2D eigenvalue weighted by Crippen LogP contribution is -2.46. The van der Waals surface area contributed by atoms with Crippen LogP contribution >= 0.6 is 0 Å². The molecule has 0 saturated carbocycles. The summed E-state index contributed by atoms with van der Waals surface area (Å²) in [5, 5.41) is 0. The largest absolute Gasteiger partial charge is 0.495 e. The van der Waals surface area contributed by atoms with Crippen molar-refractivity contribution >= 4 is 31.7 Å². The van der Waals surface area contributed by atoms with Gasteiger partial charge in [0.2, 0.25) is 10.0 Å². The van der Waals surface area contributed by atoms with Crippen molar-refractivity contribution in [1.82, 2.24) is 9.21 Å². The van der Waals surface area contributed by atoms with E-state index in [-0.39, 0.29) is 34.3 Å². The lowest BCUT2D eigenvalue weighted by molar-refractivity contribution is -0.141. The maximum Gasteiger partial charge on any atom is 0.338 e. The summed E-state index contributed by atoms with van der Waals surface area (Å²) in [5.74, 6) is -1.42. The maximum absolute atomic E-state index is 12.8. The number of ether oxygens (including phenoxy) is 2. The van der Waals surface area contributed by atoms with Crippen molar-refractivity contribution in [3.8, 4) is 5.75 Å². The van der Waals surface area contributed by atoms with E-state index in [1.165, 1.54) is 45.2 Å². The molecule has 1 aromatic rings. The number of benzene rings is 1. The zero-order valence-corrected chi connectivity index (χ0v) is 19.8. The molecule has 0 spiro atoms. The Bertz CT molecular complexity index is 1050. The topological polar surface area (TPSA) is 127 Å². The van der Waals surface area contributed by atoms with Crippen molar-refractivity contribution in [3.05, 3.63) is 23.8 Å². The fraction of sp³-hybridized carbons (Fsp3) is 0.579. The van der Waals surface area contributed by atoms with Gasteiger partial charge in [0.05, 0.1) is 24.2 Å². The molecule has 0 bridgehead atoms. The van der Waals surface area contributed by atoms with Crippen molar-refractivity contribution in [1.29, 1.82) is 0 Å². The Hall–Kier alpha value is -2.18. The highest BCUT2D eigenvalue weighted by Crippen LogP contribution is 2.27. The molecule has 1 aliphatic rings. The number of methoxy groups -OCH3 is 1. The third-order valence-corrected chi connectivity index (χ3v) is 8.65. The number of rotatable bonds is 8. The molecule has 0 unspecified atom stereocenters. The quantitative estimate of drug-likeness (QED) is 0.497. The summed E-state index contributed by atoms with van der Waals surface area (Å²) < 4.78 is 59.9. The van der Waals surface area contributed by atoms with Crippen LogP contribution in [0.15, 0.2) is 23.1 Å². The Balaban J connectivity index is 2.21. The summed E-state index contributed by atoms with van der Waals surface area (Å²) in [5.41, 5.74) is -0.0626. The van der Waals surface area contributed by atoms with E-state index in [1.54, 1.807) is 6.92 Å². The Morgan fingerprint density at radius 3 is 2.39 bits per heavy atom. The number of sulfonamides is 1. The number of esters is 1. The normalized spacial score (nSPS) is 19.1. The summed E-state index contributed by atoms with van der Waals surface area (Å²) in [6.07, 6.45) is -0.834. The molecule has 10 nitrogen and oxygen atoms in total. The molecule has 1 amide bonds. The van der Waals surface area contributed by atoms with E-state index >= 15 is 0 Å². The average Bonchev–Trinajstić information content (AvgIpc) is 3.06. The molecule has 0 aliphatic carbocycles. The second-order valence-corrected chi connectivity index (χ2v) is 11.7. The number of carbonyl (C=O) groups excluding carboxylic acids is 2. The van der Waals surface area contributed by atoms with Crippen LogP contribution in [0.2, 0.25) is 0 Å². The van der Waals surface area contributed by atoms with Crippen LogP contribution in [-0.2, 0) is 29.4 Å². The first kappa shape index (κ1) is 25.1. The highest BCUT2D eigenvalue weighted by atomic mass is 32.2. The zero-order chi connectivity index (χ0) is 23.6. The molecule has 31 heavy (non-hydrogen) atoms. The summed E-state index contributed by atoms with van der Waals surface area (Å²) in [6.45, 7) is 3.39. The number of amides is 1. The predicted molar refractivity (Wildman–Crippen MR) is 113 cm³/mol. The van der Waals surface area contributed by atoms with Crippen LogP contribution in [0.25, 0.3) is 0 Å². The second-order valence-electron chi connectivity index (χ2n) is 7.38. The Morgan fingerprint density at radius 1 is 1.26 bits per heavy atom. The van der Waals surface area contributed by atoms with E-state index in [1.807, 2.05) is 0 Å². The minimum Gasteiger partial charge on any atom is -0.495 e. The molecule has 174 valence electrons. The minimum absolute atomic E-state index is 0.0184. The zero-order valence-electron chi connectivity index (χ0n) is 18.2. The number of likely N-dealkylation sites (N-methyl/N-ethyl adjacent to an activating group) is 1. The molecule has 0 aromatic heterocycles. The molecular formula is C19H28N2O8S2. The van der Waals surface area contributed by atoms with Gasteiger partial charge in [0, 0.05) is 26.7 Å². The molecule has 1 aliphatic heterocycles. The SMILES string of the molecule is CCN(C(=O)[C@H](C)OC(=O)c1ccc(OC)c(S(=O)(=O)N(C)C)c1)[C@@H]1CCS(=O)(=O)C1. The molecule has 2 atom stereocenters. The fourth-order valence-electron chi connectivity index (χ4n) is 3.33. The first-order valence-corrected chi connectivity index (χ1v) is 12.9. The van der Waals surface area contributed by atoms with E-state index in [9.17, 15) is 26.4 Å². The van der Waals surface area contributed by atoms with Gasteiger partial charge in [0.15, 0.2) is 15.9 Å². The summed E-state index contributed by atoms with van der Waals surface area (Å²) >= 11 is 0. The third-order valence-electron chi connectivity index (χ3n) is 5.06. The molecule has 1 aromatic carbocycles. The minimum atomic E-state index is -3.89. The van der Waals surface area contributed by atoms with Gasteiger partial charge in [-0.3, -0.25) is 4.79 Å². The lowest BCUT2D eigenvalue weighted by Gasteiger charge is -2.29. The summed E-state index contributed by atoms with van der Waals surface area (Å²) in [4.78, 5) is 26.6. The van der Waals surface area contributed by atoms with Gasteiger partial charge < -0.3 is 14.4 Å². The molecular weight excluding hydrogens is 448 g/mol. The highest BCUT2D eigenvalue weighted by Gasteiger charge is 2.36. The molecule has 0 radical (unpaired) electrons. The standard InChI is InChI=1S/C19H28N2O8S2/c1-6-21(15-9-10-30(24,25)12-15)18(22)13(2)29-19(23)14-7-8-16(28-5)17(11-14)31(26,27)20(3)4/h7-8,11,13,15H,6,9-10,12H2,1-5H3/t13-,15+/m0/s1. The molecule has 0 N–H and O–H groups in total. The van der Waals surface area contributed by atoms with Gasteiger partial charge in [-0.05, 0) is 38.5 Å². The number of hydrogen-bond donors (Lipinski definition) is 0. The second kappa shape index (κ2) is 9.53. The Labute approximate surface area is 183 Å². The van der Waals surface area contributed by atoms with Gasteiger partial charge in [-0.15, -0.1) is 0 Å². The number of nitrogens with zero attached hydrogens (tertiary/aromatic N) is 2. The van der Waals surface area contributed by atoms with Gasteiger partial charge in [0.25, 0.3) is 5.91 Å². The third kappa shape index (κ3) is 5.55. The molecule has 12 heteroatoms. The van der Waals surface area contributed by atoms with Crippen LogP contribution in [0.5, 0.6) is 5.75 Å². The van der Waals surface area contributed by atoms with Crippen LogP contribution in [0.4, 0.5) is 0 Å². The fourth-order valence-corrected chi connectivity index (χ4v) is 6.14. The monoisotopic (exact) mass is 476 g/mol. The first-order valence-electron chi connectivity index (χ1n) is 9.66. The van der Waals surface area contributed by atoms with Crippen LogP contribution < -0.4 is 4.74 Å². The Morgan fingerprint density at radius 2 is 1.90 bits per heavy atom. The van der Waals surface area contributed by atoms with Crippen molar-refractivity contribution in [3.63, 3.8) is 0 Å². The molecule has 1 heterocycles. The maximum atomic E-state index is 12.8. The van der Waals surface area contributed by atoms with E-state index in [4.69, 9.17) is 9.47 Å². The number of sulfone groups is 1. The van der Waals surface area contributed by atoms with Crippen LogP contribution in [0.3, 0.4) is 0 Å². The lowest BCUT2D eigenvalue weighted by atomic mass is 10.2. The Kier molecular flexibility index (Phi) is 7.71. The van der Waals surface area contributed by atoms with Gasteiger partial charge >= 0.3 is 5.97 Å². The van der Waals surface area contributed by atoms with E-state index in [0.29, 0.717) is 6.42 Å². The first-order chi connectivity index (χ1) is 14.3. The number of hydrogen-bond acceptors (Lipinski definition) is 8. The highest BCUT2D eigenvalue weighted by molar-refractivity contribution is 7.91. The smallest absolute Gasteiger partial charge is 0.338 e. The summed E-state index contributed by atoms with van der Waals surface area (Å²) in [6, 6.07) is 3.35. The van der Waals surface area contributed by atoms with Crippen molar-refractivity contribution in [2.45, 2.75) is 37.3 Å². The van der Waals surface area contributed by atoms with Gasteiger partial charge in [-0.25, -0.2) is 25.9 Å². The summed E-state index contributed by atoms with van der Waals surface area (Å²) in [7, 11) is -3.06. The number of carbonyl (C=O) groups is 2. The molecule has 1 fully saturated rings. The van der Waals surface area contributed by atoms with Crippen molar-refractivity contribution in [2.24, 2.45) is 0 Å². The van der Waals surface area contributed by atoms with Crippen LogP contribution in [-0.4, -0.2) is 89.3 Å². The van der Waals surface area contributed by atoms with Crippen molar-refractivity contribution in [2.75, 3.05) is 39.3 Å². The van der Waals surface area contributed by atoms with Gasteiger partial charge in [-0.1, -0.05) is 0 Å². The van der Waals surface area contributed by atoms with E-state index in [0.717, 1.165) is 10.4 Å². The average molecular weight is 477 g/mol. The van der Waals surface area contributed by atoms with E-state index in [2.05, 4.69) is 0 Å². The van der Waals surface area contributed by atoms with Crippen LogP contribution in [0, 0.1) is 0 Å². The van der Waals surface area contributed by atoms with Crippen molar-refractivity contribution < 1.29 is 35.9 Å².